The Hall–Kier alpha value is -2.28. The maximum Gasteiger partial charge on any atom is 0.276 e. The van der Waals surface area contributed by atoms with Crippen LogP contribution in [0.2, 0.25) is 0 Å². The van der Waals surface area contributed by atoms with Crippen LogP contribution >= 0.6 is 0 Å². The first-order chi connectivity index (χ1) is 11.8. The number of aliphatic hydroxyl groups excluding tert-OH is 1. The third kappa shape index (κ3) is 4.04. The maximum absolute atomic E-state index is 13.0. The number of carbonyl (C=O) groups is 1. The number of rotatable bonds is 5. The van der Waals surface area contributed by atoms with Gasteiger partial charge in [0.2, 0.25) is 0 Å². The molecule has 0 bridgehead atoms. The molecule has 1 unspecified atom stereocenters. The van der Waals surface area contributed by atoms with E-state index < -0.39 is 6.10 Å². The van der Waals surface area contributed by atoms with Crippen LogP contribution in [0.15, 0.2) is 30.5 Å². The molecule has 7 heteroatoms. The molecule has 3 rings (SSSR count). The Bertz CT molecular complexity index is 747. The minimum Gasteiger partial charge on any atom is -0.387 e. The normalized spacial score (nSPS) is 15.9. The van der Waals surface area contributed by atoms with Gasteiger partial charge in [0.05, 0.1) is 24.4 Å². The molecule has 0 aliphatic heterocycles. The van der Waals surface area contributed by atoms with Crippen molar-refractivity contribution in [1.82, 2.24) is 19.9 Å². The molecule has 1 amide bonds. The fourth-order valence-electron chi connectivity index (χ4n) is 2.60. The van der Waals surface area contributed by atoms with E-state index in [-0.39, 0.29) is 35.5 Å². The lowest BCUT2D eigenvalue weighted by Crippen LogP contribution is -2.37. The van der Waals surface area contributed by atoms with Crippen LogP contribution in [0.3, 0.4) is 0 Å². The molecule has 25 heavy (non-hydrogen) atoms. The van der Waals surface area contributed by atoms with Crippen molar-refractivity contribution in [3.05, 3.63) is 47.5 Å². The molecular weight excluding hydrogens is 323 g/mol. The minimum absolute atomic E-state index is 0.113. The monoisotopic (exact) mass is 346 g/mol. The molecule has 1 heterocycles. The lowest BCUT2D eigenvalue weighted by atomic mass is 10.1. The summed E-state index contributed by atoms with van der Waals surface area (Å²) in [5, 5.41) is 18.5. The van der Waals surface area contributed by atoms with Gasteiger partial charge in [0.15, 0.2) is 5.69 Å². The fraction of sp³-hybridized carbons (Fsp3) is 0.500. The van der Waals surface area contributed by atoms with Crippen LogP contribution in [0.5, 0.6) is 0 Å². The van der Waals surface area contributed by atoms with Crippen molar-refractivity contribution < 1.29 is 14.3 Å². The summed E-state index contributed by atoms with van der Waals surface area (Å²) in [5.41, 5.74) is 0.593. The Morgan fingerprint density at radius 1 is 1.36 bits per heavy atom. The number of carbonyl (C=O) groups excluding carboxylic acids is 1. The van der Waals surface area contributed by atoms with Gasteiger partial charge >= 0.3 is 0 Å². The van der Waals surface area contributed by atoms with Gasteiger partial charge in [0.25, 0.3) is 5.91 Å². The van der Waals surface area contributed by atoms with Crippen LogP contribution in [0, 0.1) is 5.82 Å². The topological polar surface area (TPSA) is 71.2 Å². The quantitative estimate of drug-likeness (QED) is 0.903. The molecule has 1 N–H and O–H groups in total. The molecule has 1 aliphatic carbocycles. The molecule has 0 spiro atoms. The van der Waals surface area contributed by atoms with E-state index in [0.29, 0.717) is 5.56 Å². The SMILES string of the molecule is CC(C)(C)n1cc(C(=O)N(CC(O)c2ccc(F)cc2)C2CC2)nn1. The molecular formula is C18H23FN4O2. The summed E-state index contributed by atoms with van der Waals surface area (Å²) in [6.07, 6.45) is 2.59. The van der Waals surface area contributed by atoms with Gasteiger partial charge in [0.1, 0.15) is 5.82 Å². The second kappa shape index (κ2) is 6.55. The van der Waals surface area contributed by atoms with Crippen LogP contribution in [0.4, 0.5) is 4.39 Å². The smallest absolute Gasteiger partial charge is 0.276 e. The van der Waals surface area contributed by atoms with Crippen molar-refractivity contribution >= 4 is 5.91 Å². The zero-order valence-corrected chi connectivity index (χ0v) is 14.7. The van der Waals surface area contributed by atoms with Gasteiger partial charge in [-0.3, -0.25) is 4.79 Å². The zero-order valence-electron chi connectivity index (χ0n) is 14.7. The summed E-state index contributed by atoms with van der Waals surface area (Å²) in [4.78, 5) is 14.5. The molecule has 6 nitrogen and oxygen atoms in total. The van der Waals surface area contributed by atoms with Crippen molar-refractivity contribution in [2.24, 2.45) is 0 Å². The summed E-state index contributed by atoms with van der Waals surface area (Å²) < 4.78 is 14.7. The fourth-order valence-corrected chi connectivity index (χ4v) is 2.60. The summed E-state index contributed by atoms with van der Waals surface area (Å²) in [7, 11) is 0. The average molecular weight is 346 g/mol. The highest BCUT2D eigenvalue weighted by atomic mass is 19.1. The molecule has 1 saturated carbocycles. The van der Waals surface area contributed by atoms with Crippen molar-refractivity contribution in [2.45, 2.75) is 51.3 Å². The molecule has 2 aromatic rings. The highest BCUT2D eigenvalue weighted by molar-refractivity contribution is 5.92. The second-order valence-corrected chi connectivity index (χ2v) is 7.48. The number of aliphatic hydroxyl groups is 1. The number of aromatic nitrogens is 3. The zero-order chi connectivity index (χ0) is 18.2. The Morgan fingerprint density at radius 3 is 2.52 bits per heavy atom. The third-order valence-corrected chi connectivity index (χ3v) is 4.27. The van der Waals surface area contributed by atoms with Crippen LogP contribution in [-0.2, 0) is 5.54 Å². The van der Waals surface area contributed by atoms with Crippen molar-refractivity contribution in [3.63, 3.8) is 0 Å². The Morgan fingerprint density at radius 2 is 2.00 bits per heavy atom. The van der Waals surface area contributed by atoms with E-state index in [1.54, 1.807) is 15.8 Å². The van der Waals surface area contributed by atoms with Gasteiger partial charge in [-0.25, -0.2) is 9.07 Å². The van der Waals surface area contributed by atoms with E-state index in [9.17, 15) is 14.3 Å². The first-order valence-corrected chi connectivity index (χ1v) is 8.43. The largest absolute Gasteiger partial charge is 0.387 e. The summed E-state index contributed by atoms with van der Waals surface area (Å²) in [6.45, 7) is 6.09. The van der Waals surface area contributed by atoms with Crippen molar-refractivity contribution in [1.29, 1.82) is 0 Å². The third-order valence-electron chi connectivity index (χ3n) is 4.27. The van der Waals surface area contributed by atoms with Crippen molar-refractivity contribution in [3.8, 4) is 0 Å². The van der Waals surface area contributed by atoms with Gasteiger partial charge in [-0.05, 0) is 51.3 Å². The molecule has 0 saturated heterocycles. The second-order valence-electron chi connectivity index (χ2n) is 7.48. The minimum atomic E-state index is -0.872. The molecule has 1 aromatic heterocycles. The first-order valence-electron chi connectivity index (χ1n) is 8.43. The van der Waals surface area contributed by atoms with E-state index in [1.807, 2.05) is 20.8 Å². The molecule has 1 atom stereocenters. The molecule has 134 valence electrons. The van der Waals surface area contributed by atoms with Crippen LogP contribution < -0.4 is 0 Å². The standard InChI is InChI=1S/C18H23FN4O2/c1-18(2,3)23-10-15(20-21-23)17(25)22(14-8-9-14)11-16(24)12-4-6-13(19)7-5-12/h4-7,10,14,16,24H,8-9,11H2,1-3H3. The molecule has 1 aromatic carbocycles. The van der Waals surface area contributed by atoms with Crippen molar-refractivity contribution in [2.75, 3.05) is 6.54 Å². The van der Waals surface area contributed by atoms with E-state index in [0.717, 1.165) is 12.8 Å². The average Bonchev–Trinajstić information content (AvgIpc) is 3.26. The van der Waals surface area contributed by atoms with E-state index in [4.69, 9.17) is 0 Å². The van der Waals surface area contributed by atoms with E-state index in [1.165, 1.54) is 24.3 Å². The number of hydrogen-bond donors (Lipinski definition) is 1. The Labute approximate surface area is 146 Å². The number of hydrogen-bond acceptors (Lipinski definition) is 4. The van der Waals surface area contributed by atoms with Gasteiger partial charge in [-0.15, -0.1) is 5.10 Å². The summed E-state index contributed by atoms with van der Waals surface area (Å²) in [5.74, 6) is -0.593. The first kappa shape index (κ1) is 17.5. The van der Waals surface area contributed by atoms with E-state index in [2.05, 4.69) is 10.3 Å². The van der Waals surface area contributed by atoms with Gasteiger partial charge in [0, 0.05) is 6.04 Å². The van der Waals surface area contributed by atoms with E-state index >= 15 is 0 Å². The van der Waals surface area contributed by atoms with Crippen LogP contribution in [0.1, 0.15) is 55.8 Å². The lowest BCUT2D eigenvalue weighted by molar-refractivity contribution is 0.0597. The number of benzene rings is 1. The van der Waals surface area contributed by atoms with Crippen LogP contribution in [0.25, 0.3) is 0 Å². The highest BCUT2D eigenvalue weighted by Gasteiger charge is 2.35. The summed E-state index contributed by atoms with van der Waals surface area (Å²) in [6, 6.07) is 5.78. The molecule has 1 fully saturated rings. The predicted octanol–water partition coefficient (Wildman–Crippen LogP) is 2.51. The number of amides is 1. The van der Waals surface area contributed by atoms with Gasteiger partial charge in [-0.1, -0.05) is 17.3 Å². The summed E-state index contributed by atoms with van der Waals surface area (Å²) >= 11 is 0. The predicted molar refractivity (Wildman–Crippen MR) is 90.4 cm³/mol. The number of halogens is 1. The number of nitrogens with zero attached hydrogens (tertiary/aromatic N) is 4. The van der Waals surface area contributed by atoms with Gasteiger partial charge in [-0.2, -0.15) is 0 Å². The molecule has 1 aliphatic rings. The maximum atomic E-state index is 13.0. The molecule has 0 radical (unpaired) electrons. The highest BCUT2D eigenvalue weighted by Crippen LogP contribution is 2.30. The Kier molecular flexibility index (Phi) is 4.60. The lowest BCUT2D eigenvalue weighted by Gasteiger charge is -2.24. The Balaban J connectivity index is 1.75. The van der Waals surface area contributed by atoms with Crippen LogP contribution in [-0.4, -0.2) is 43.5 Å². The van der Waals surface area contributed by atoms with Gasteiger partial charge < -0.3 is 10.0 Å².